The Morgan fingerprint density at radius 2 is 2.29 bits per heavy atom. The van der Waals surface area contributed by atoms with Crippen molar-refractivity contribution in [3.63, 3.8) is 0 Å². The Bertz CT molecular complexity index is 832. The zero-order valence-corrected chi connectivity index (χ0v) is 14.1. The number of non-ortho nitro benzene ring substituents is 1. The summed E-state index contributed by atoms with van der Waals surface area (Å²) in [5.41, 5.74) is 2.07. The van der Waals surface area contributed by atoms with Gasteiger partial charge < -0.3 is 9.84 Å². The van der Waals surface area contributed by atoms with Crippen molar-refractivity contribution in [2.45, 2.75) is 0 Å². The molecule has 0 saturated heterocycles. The number of hydrogen-bond donors (Lipinski definition) is 2. The maximum Gasteiger partial charge on any atom is 0.293 e. The highest BCUT2D eigenvalue weighted by Gasteiger charge is 2.16. The lowest BCUT2D eigenvalue weighted by Crippen LogP contribution is -2.19. The number of rotatable bonds is 5. The molecular weight excluding hydrogens is 386 g/mol. The SMILES string of the molecule is COc1cc([N+](=O)[O-])cc(/C=N/NC(=O)c2nn(C)cc2Br)c1O. The fourth-order valence-corrected chi connectivity index (χ4v) is 2.36. The van der Waals surface area contributed by atoms with Crippen LogP contribution in [0.5, 0.6) is 11.5 Å². The fourth-order valence-electron chi connectivity index (χ4n) is 1.80. The van der Waals surface area contributed by atoms with Crippen LogP contribution >= 0.6 is 15.9 Å². The number of ether oxygens (including phenoxy) is 1. The lowest BCUT2D eigenvalue weighted by atomic mass is 10.2. The van der Waals surface area contributed by atoms with Gasteiger partial charge in [0, 0.05) is 24.9 Å². The normalized spacial score (nSPS) is 10.8. The molecule has 1 amide bonds. The second kappa shape index (κ2) is 7.08. The van der Waals surface area contributed by atoms with Crippen molar-refractivity contribution in [2.75, 3.05) is 7.11 Å². The van der Waals surface area contributed by atoms with E-state index in [1.807, 2.05) is 0 Å². The molecule has 2 rings (SSSR count). The molecule has 0 unspecified atom stereocenters. The number of halogens is 1. The Morgan fingerprint density at radius 1 is 1.58 bits per heavy atom. The van der Waals surface area contributed by atoms with Gasteiger partial charge in [0.15, 0.2) is 17.2 Å². The van der Waals surface area contributed by atoms with E-state index in [9.17, 15) is 20.0 Å². The lowest BCUT2D eigenvalue weighted by Gasteiger charge is -2.05. The van der Waals surface area contributed by atoms with Crippen molar-refractivity contribution < 1.29 is 19.6 Å². The number of nitrogens with zero attached hydrogens (tertiary/aromatic N) is 4. The van der Waals surface area contributed by atoms with E-state index in [4.69, 9.17) is 4.74 Å². The number of amides is 1. The van der Waals surface area contributed by atoms with Gasteiger partial charge in [0.25, 0.3) is 11.6 Å². The first-order chi connectivity index (χ1) is 11.3. The number of nitrogens with one attached hydrogen (secondary N) is 1. The van der Waals surface area contributed by atoms with Gasteiger partial charge in [-0.15, -0.1) is 0 Å². The van der Waals surface area contributed by atoms with E-state index in [0.29, 0.717) is 4.47 Å². The molecule has 126 valence electrons. The fraction of sp³-hybridized carbons (Fsp3) is 0.154. The third-order valence-electron chi connectivity index (χ3n) is 2.89. The van der Waals surface area contributed by atoms with Crippen LogP contribution < -0.4 is 10.2 Å². The lowest BCUT2D eigenvalue weighted by molar-refractivity contribution is -0.385. The molecule has 0 saturated carbocycles. The smallest absolute Gasteiger partial charge is 0.293 e. The molecule has 0 aliphatic carbocycles. The summed E-state index contributed by atoms with van der Waals surface area (Å²) >= 11 is 3.18. The third kappa shape index (κ3) is 3.68. The summed E-state index contributed by atoms with van der Waals surface area (Å²) in [5.74, 6) is -1.000. The highest BCUT2D eigenvalue weighted by Crippen LogP contribution is 2.33. The summed E-state index contributed by atoms with van der Waals surface area (Å²) in [5, 5.41) is 28.4. The van der Waals surface area contributed by atoms with Gasteiger partial charge in [-0.25, -0.2) is 5.43 Å². The largest absolute Gasteiger partial charge is 0.504 e. The first-order valence-electron chi connectivity index (χ1n) is 6.41. The van der Waals surface area contributed by atoms with Gasteiger partial charge >= 0.3 is 0 Å². The summed E-state index contributed by atoms with van der Waals surface area (Å²) in [6, 6.07) is 2.18. The molecule has 1 aromatic heterocycles. The van der Waals surface area contributed by atoms with Gasteiger partial charge in [0.05, 0.1) is 28.8 Å². The van der Waals surface area contributed by atoms with Gasteiger partial charge in [-0.2, -0.15) is 10.2 Å². The van der Waals surface area contributed by atoms with Crippen molar-refractivity contribution in [1.29, 1.82) is 0 Å². The van der Waals surface area contributed by atoms with Crippen LogP contribution in [-0.4, -0.2) is 39.0 Å². The molecule has 2 aromatic rings. The molecule has 0 aliphatic rings. The highest BCUT2D eigenvalue weighted by atomic mass is 79.9. The topological polar surface area (TPSA) is 132 Å². The molecule has 0 atom stereocenters. The summed E-state index contributed by atoms with van der Waals surface area (Å²) in [4.78, 5) is 22.2. The number of aryl methyl sites for hydroxylation is 1. The van der Waals surface area contributed by atoms with E-state index < -0.39 is 10.8 Å². The zero-order chi connectivity index (χ0) is 17.9. The van der Waals surface area contributed by atoms with E-state index in [0.717, 1.165) is 18.3 Å². The predicted molar refractivity (Wildman–Crippen MR) is 87.3 cm³/mol. The zero-order valence-electron chi connectivity index (χ0n) is 12.6. The number of phenols is 1. The van der Waals surface area contributed by atoms with Crippen LogP contribution in [0.25, 0.3) is 0 Å². The molecule has 10 nitrogen and oxygen atoms in total. The van der Waals surface area contributed by atoms with Gasteiger partial charge in [0.1, 0.15) is 0 Å². The Balaban J connectivity index is 2.22. The molecule has 0 spiro atoms. The molecule has 0 aliphatic heterocycles. The van der Waals surface area contributed by atoms with Crippen molar-refractivity contribution in [1.82, 2.24) is 15.2 Å². The molecule has 0 bridgehead atoms. The monoisotopic (exact) mass is 397 g/mol. The van der Waals surface area contributed by atoms with Crippen LogP contribution in [0.15, 0.2) is 27.9 Å². The summed E-state index contributed by atoms with van der Waals surface area (Å²) in [7, 11) is 2.91. The maximum absolute atomic E-state index is 11.9. The van der Waals surface area contributed by atoms with E-state index >= 15 is 0 Å². The van der Waals surface area contributed by atoms with E-state index in [2.05, 4.69) is 31.6 Å². The van der Waals surface area contributed by atoms with Gasteiger partial charge in [-0.05, 0) is 15.9 Å². The number of benzene rings is 1. The number of phenolic OH excluding ortho intramolecular Hbond substituents is 1. The summed E-state index contributed by atoms with van der Waals surface area (Å²) in [6.07, 6.45) is 2.66. The first-order valence-corrected chi connectivity index (χ1v) is 7.20. The number of hydrazone groups is 1. The predicted octanol–water partition coefficient (Wildman–Crippen LogP) is 1.57. The molecule has 11 heteroatoms. The molecular formula is C13H12BrN5O5. The van der Waals surface area contributed by atoms with Crippen molar-refractivity contribution >= 4 is 33.7 Å². The minimum Gasteiger partial charge on any atom is -0.504 e. The van der Waals surface area contributed by atoms with Crippen LogP contribution in [-0.2, 0) is 7.05 Å². The number of carbonyl (C=O) groups excluding carboxylic acids is 1. The van der Waals surface area contributed by atoms with Crippen LogP contribution in [0, 0.1) is 10.1 Å². The Labute approximate surface area is 144 Å². The van der Waals surface area contributed by atoms with Crippen molar-refractivity contribution in [3.05, 3.63) is 44.2 Å². The average Bonchev–Trinajstić information content (AvgIpc) is 2.87. The van der Waals surface area contributed by atoms with E-state index in [-0.39, 0.29) is 28.4 Å². The Hall–Kier alpha value is -2.95. The van der Waals surface area contributed by atoms with Gasteiger partial charge in [-0.3, -0.25) is 19.6 Å². The molecule has 0 fully saturated rings. The number of methoxy groups -OCH3 is 1. The second-order valence-electron chi connectivity index (χ2n) is 4.54. The number of nitro groups is 1. The van der Waals surface area contributed by atoms with Crippen molar-refractivity contribution in [2.24, 2.45) is 12.1 Å². The first kappa shape index (κ1) is 17.4. The molecule has 2 N–H and O–H groups in total. The van der Waals surface area contributed by atoms with Gasteiger partial charge in [-0.1, -0.05) is 0 Å². The van der Waals surface area contributed by atoms with Crippen LogP contribution in [0.1, 0.15) is 16.1 Å². The Morgan fingerprint density at radius 3 is 2.83 bits per heavy atom. The molecule has 1 aromatic carbocycles. The number of hydrogen-bond acceptors (Lipinski definition) is 7. The maximum atomic E-state index is 11.9. The van der Waals surface area contributed by atoms with Crippen molar-refractivity contribution in [3.8, 4) is 11.5 Å². The number of nitro benzene ring substituents is 1. The minimum atomic E-state index is -0.636. The number of carbonyl (C=O) groups is 1. The van der Waals surface area contributed by atoms with Crippen LogP contribution in [0.3, 0.4) is 0 Å². The van der Waals surface area contributed by atoms with E-state index in [1.54, 1.807) is 13.2 Å². The number of aromatic nitrogens is 2. The third-order valence-corrected chi connectivity index (χ3v) is 3.47. The van der Waals surface area contributed by atoms with Gasteiger partial charge in [0.2, 0.25) is 0 Å². The highest BCUT2D eigenvalue weighted by molar-refractivity contribution is 9.10. The minimum absolute atomic E-state index is 0.0152. The number of aromatic hydroxyl groups is 1. The Kier molecular flexibility index (Phi) is 5.14. The van der Waals surface area contributed by atoms with E-state index in [1.165, 1.54) is 11.8 Å². The quantitative estimate of drug-likeness (QED) is 0.447. The molecule has 0 radical (unpaired) electrons. The van der Waals surface area contributed by atoms with Crippen LogP contribution in [0.2, 0.25) is 0 Å². The second-order valence-corrected chi connectivity index (χ2v) is 5.40. The summed E-state index contributed by atoms with van der Waals surface area (Å²) in [6.45, 7) is 0. The average molecular weight is 398 g/mol. The standard InChI is InChI=1S/C13H12BrN5O5/c1-18-6-9(14)11(17-18)13(21)16-15-5-7-3-8(19(22)23)4-10(24-2)12(7)20/h3-6,20H,1-2H3,(H,16,21)/b15-5+. The molecule has 24 heavy (non-hydrogen) atoms. The van der Waals surface area contributed by atoms with Crippen LogP contribution in [0.4, 0.5) is 5.69 Å². The summed E-state index contributed by atoms with van der Waals surface area (Å²) < 4.78 is 6.80. The molecule has 1 heterocycles.